The molecule has 1 saturated heterocycles. The molecule has 1 atom stereocenters. The van der Waals surface area contributed by atoms with Crippen molar-refractivity contribution in [2.24, 2.45) is 5.92 Å². The molecule has 1 fully saturated rings. The summed E-state index contributed by atoms with van der Waals surface area (Å²) in [6.45, 7) is 7.60. The van der Waals surface area contributed by atoms with E-state index in [4.69, 9.17) is 0 Å². The van der Waals surface area contributed by atoms with Crippen molar-refractivity contribution in [3.63, 3.8) is 0 Å². The lowest BCUT2D eigenvalue weighted by Gasteiger charge is -2.31. The summed E-state index contributed by atoms with van der Waals surface area (Å²) in [4.78, 5) is 2.50. The summed E-state index contributed by atoms with van der Waals surface area (Å²) in [6, 6.07) is 12.7. The lowest BCUT2D eigenvalue weighted by molar-refractivity contribution is 0.202. The van der Waals surface area contributed by atoms with E-state index >= 15 is 0 Å². The first-order chi connectivity index (χ1) is 10.3. The van der Waals surface area contributed by atoms with E-state index in [1.54, 1.807) is 0 Å². The predicted molar refractivity (Wildman–Crippen MR) is 87.1 cm³/mol. The van der Waals surface area contributed by atoms with Crippen LogP contribution in [-0.2, 0) is 0 Å². The van der Waals surface area contributed by atoms with Crippen molar-refractivity contribution in [1.82, 2.24) is 10.2 Å². The monoisotopic (exact) mass is 285 g/mol. The normalized spacial score (nSPS) is 17.6. The van der Waals surface area contributed by atoms with Crippen molar-refractivity contribution in [1.29, 1.82) is 5.26 Å². The van der Waals surface area contributed by atoms with Crippen LogP contribution in [0.4, 0.5) is 0 Å². The molecule has 1 unspecified atom stereocenters. The van der Waals surface area contributed by atoms with E-state index in [9.17, 15) is 5.26 Å². The van der Waals surface area contributed by atoms with E-state index in [2.05, 4.69) is 35.3 Å². The minimum atomic E-state index is -0.0144. The Morgan fingerprint density at radius 1 is 1.29 bits per heavy atom. The smallest absolute Gasteiger partial charge is 0.0839 e. The summed E-state index contributed by atoms with van der Waals surface area (Å²) in [5, 5.41) is 12.9. The van der Waals surface area contributed by atoms with Gasteiger partial charge in [0.05, 0.1) is 12.0 Å². The molecule has 0 bridgehead atoms. The quantitative estimate of drug-likeness (QED) is 0.837. The summed E-state index contributed by atoms with van der Waals surface area (Å²) in [5.74, 6) is 0.771. The van der Waals surface area contributed by atoms with Gasteiger partial charge >= 0.3 is 0 Å². The molecular weight excluding hydrogens is 258 g/mol. The molecule has 0 radical (unpaired) electrons. The Balaban J connectivity index is 1.95. The average Bonchev–Trinajstić information content (AvgIpc) is 2.54. The van der Waals surface area contributed by atoms with Gasteiger partial charge in [0, 0.05) is 13.1 Å². The van der Waals surface area contributed by atoms with Gasteiger partial charge in [0.2, 0.25) is 0 Å². The van der Waals surface area contributed by atoms with Crippen molar-refractivity contribution in [2.45, 2.75) is 32.1 Å². The molecule has 3 nitrogen and oxygen atoms in total. The van der Waals surface area contributed by atoms with Crippen molar-refractivity contribution in [2.75, 3.05) is 32.7 Å². The number of nitriles is 1. The highest BCUT2D eigenvalue weighted by atomic mass is 15.1. The fourth-order valence-corrected chi connectivity index (χ4v) is 3.17. The lowest BCUT2D eigenvalue weighted by atomic mass is 9.95. The Hall–Kier alpha value is -1.37. The second-order valence-corrected chi connectivity index (χ2v) is 6.05. The van der Waals surface area contributed by atoms with Crippen LogP contribution in [0.5, 0.6) is 0 Å². The van der Waals surface area contributed by atoms with Crippen LogP contribution in [-0.4, -0.2) is 37.6 Å². The highest BCUT2D eigenvalue weighted by Gasteiger charge is 2.20. The van der Waals surface area contributed by atoms with Gasteiger partial charge in [-0.25, -0.2) is 0 Å². The summed E-state index contributed by atoms with van der Waals surface area (Å²) < 4.78 is 0. The van der Waals surface area contributed by atoms with Gasteiger partial charge in [-0.3, -0.25) is 0 Å². The molecule has 2 rings (SSSR count). The van der Waals surface area contributed by atoms with Crippen LogP contribution < -0.4 is 5.32 Å². The van der Waals surface area contributed by atoms with Crippen LogP contribution in [0, 0.1) is 17.2 Å². The standard InChI is InChI=1S/C18H27N3/c1-2-12-21(14-16-8-10-20-11-9-16)15-18(13-19)17-6-4-3-5-7-17/h3-7,16,18,20H,2,8-12,14-15H2,1H3. The summed E-state index contributed by atoms with van der Waals surface area (Å²) >= 11 is 0. The van der Waals surface area contributed by atoms with Gasteiger partial charge < -0.3 is 10.2 Å². The highest BCUT2D eigenvalue weighted by molar-refractivity contribution is 5.25. The van der Waals surface area contributed by atoms with Crippen LogP contribution in [0.3, 0.4) is 0 Å². The van der Waals surface area contributed by atoms with Gasteiger partial charge in [0.1, 0.15) is 0 Å². The van der Waals surface area contributed by atoms with Gasteiger partial charge in [0.15, 0.2) is 0 Å². The third-order valence-electron chi connectivity index (χ3n) is 4.31. The van der Waals surface area contributed by atoms with Crippen LogP contribution in [0.15, 0.2) is 30.3 Å². The summed E-state index contributed by atoms with van der Waals surface area (Å²) in [5.41, 5.74) is 1.14. The molecule has 1 aliphatic heterocycles. The van der Waals surface area contributed by atoms with Gasteiger partial charge in [-0.15, -0.1) is 0 Å². The number of hydrogen-bond donors (Lipinski definition) is 1. The largest absolute Gasteiger partial charge is 0.317 e. The Labute approximate surface area is 129 Å². The van der Waals surface area contributed by atoms with E-state index in [0.29, 0.717) is 0 Å². The third-order valence-corrected chi connectivity index (χ3v) is 4.31. The van der Waals surface area contributed by atoms with E-state index in [1.807, 2.05) is 18.2 Å². The maximum atomic E-state index is 9.52. The average molecular weight is 285 g/mol. The molecule has 0 amide bonds. The topological polar surface area (TPSA) is 39.1 Å². The summed E-state index contributed by atoms with van der Waals surface area (Å²) in [6.07, 6.45) is 3.68. The molecule has 1 aromatic rings. The number of nitrogens with zero attached hydrogens (tertiary/aromatic N) is 2. The Morgan fingerprint density at radius 3 is 2.62 bits per heavy atom. The molecular formula is C18H27N3. The lowest BCUT2D eigenvalue weighted by Crippen LogP contribution is -2.38. The fraction of sp³-hybridized carbons (Fsp3) is 0.611. The minimum absolute atomic E-state index is 0.0144. The second kappa shape index (κ2) is 8.81. The van der Waals surface area contributed by atoms with Crippen molar-refractivity contribution >= 4 is 0 Å². The Bertz CT molecular complexity index is 432. The third kappa shape index (κ3) is 5.15. The number of nitrogens with one attached hydrogen (secondary N) is 1. The van der Waals surface area contributed by atoms with E-state index in [0.717, 1.165) is 50.6 Å². The minimum Gasteiger partial charge on any atom is -0.317 e. The van der Waals surface area contributed by atoms with E-state index in [-0.39, 0.29) is 5.92 Å². The molecule has 1 heterocycles. The Kier molecular flexibility index (Phi) is 6.72. The first-order valence-electron chi connectivity index (χ1n) is 8.21. The number of benzene rings is 1. The van der Waals surface area contributed by atoms with Gasteiger partial charge in [-0.1, -0.05) is 37.3 Å². The van der Waals surface area contributed by atoms with Crippen molar-refractivity contribution in [3.05, 3.63) is 35.9 Å². The molecule has 1 aromatic carbocycles. The molecule has 114 valence electrons. The molecule has 0 saturated carbocycles. The van der Waals surface area contributed by atoms with Crippen molar-refractivity contribution in [3.8, 4) is 6.07 Å². The molecule has 0 aliphatic carbocycles. The highest BCUT2D eigenvalue weighted by Crippen LogP contribution is 2.19. The molecule has 1 aliphatic rings. The van der Waals surface area contributed by atoms with Crippen LogP contribution in [0.25, 0.3) is 0 Å². The number of hydrogen-bond acceptors (Lipinski definition) is 3. The molecule has 21 heavy (non-hydrogen) atoms. The van der Waals surface area contributed by atoms with Crippen LogP contribution in [0.2, 0.25) is 0 Å². The molecule has 3 heteroatoms. The number of rotatable bonds is 7. The summed E-state index contributed by atoms with van der Waals surface area (Å²) in [7, 11) is 0. The van der Waals surface area contributed by atoms with E-state index in [1.165, 1.54) is 12.8 Å². The zero-order valence-electron chi connectivity index (χ0n) is 13.1. The molecule has 0 aromatic heterocycles. The number of piperidine rings is 1. The SMILES string of the molecule is CCCN(CC1CCNCC1)CC(C#N)c1ccccc1. The van der Waals surface area contributed by atoms with Gasteiger partial charge in [0.25, 0.3) is 0 Å². The predicted octanol–water partition coefficient (Wildman–Crippen LogP) is 3.01. The Morgan fingerprint density at radius 2 is 2.00 bits per heavy atom. The van der Waals surface area contributed by atoms with Crippen molar-refractivity contribution < 1.29 is 0 Å². The first kappa shape index (κ1) is 16.0. The maximum absolute atomic E-state index is 9.52. The second-order valence-electron chi connectivity index (χ2n) is 6.05. The first-order valence-corrected chi connectivity index (χ1v) is 8.21. The molecule has 1 N–H and O–H groups in total. The molecule has 0 spiro atoms. The van der Waals surface area contributed by atoms with Crippen LogP contribution >= 0.6 is 0 Å². The maximum Gasteiger partial charge on any atom is 0.0839 e. The zero-order chi connectivity index (χ0) is 14.9. The van der Waals surface area contributed by atoms with Gasteiger partial charge in [-0.2, -0.15) is 5.26 Å². The van der Waals surface area contributed by atoms with Gasteiger partial charge in [-0.05, 0) is 50.4 Å². The van der Waals surface area contributed by atoms with Crippen LogP contribution in [0.1, 0.15) is 37.7 Å². The fourth-order valence-electron chi connectivity index (χ4n) is 3.17. The van der Waals surface area contributed by atoms with E-state index < -0.39 is 0 Å². The zero-order valence-corrected chi connectivity index (χ0v) is 13.1.